The smallest absolute Gasteiger partial charge is 0.306 e. The standard InChI is InChI=1S/C16H20ClNO3/c17-13-7-11-5-6-21-15(11)12(8-13)9-18-14-3-1-10(2-4-14)16(19)20/h7-8,10,14,18H,1-6,9H2,(H,19,20). The van der Waals surface area contributed by atoms with E-state index in [2.05, 4.69) is 5.32 Å². The van der Waals surface area contributed by atoms with Crippen LogP contribution in [0.5, 0.6) is 5.75 Å². The fourth-order valence-electron chi connectivity index (χ4n) is 3.28. The van der Waals surface area contributed by atoms with E-state index in [1.54, 1.807) is 0 Å². The molecule has 0 aromatic heterocycles. The lowest BCUT2D eigenvalue weighted by Crippen LogP contribution is -2.34. The van der Waals surface area contributed by atoms with Gasteiger partial charge >= 0.3 is 5.97 Å². The van der Waals surface area contributed by atoms with Crippen molar-refractivity contribution < 1.29 is 14.6 Å². The molecule has 0 atom stereocenters. The molecule has 1 aromatic carbocycles. The first-order chi connectivity index (χ1) is 10.1. The van der Waals surface area contributed by atoms with E-state index >= 15 is 0 Å². The summed E-state index contributed by atoms with van der Waals surface area (Å²) in [5.74, 6) is 0.155. The Kier molecular flexibility index (Phi) is 4.36. The Hall–Kier alpha value is -1.26. The van der Waals surface area contributed by atoms with Crippen LogP contribution in [0.4, 0.5) is 0 Å². The third kappa shape index (κ3) is 3.33. The number of aliphatic carboxylic acids is 1. The van der Waals surface area contributed by atoms with Crippen LogP contribution in [0.2, 0.25) is 5.02 Å². The molecule has 21 heavy (non-hydrogen) atoms. The summed E-state index contributed by atoms with van der Waals surface area (Å²) in [7, 11) is 0. The molecule has 1 heterocycles. The molecule has 2 N–H and O–H groups in total. The summed E-state index contributed by atoms with van der Waals surface area (Å²) in [6.07, 6.45) is 4.28. The van der Waals surface area contributed by atoms with Gasteiger partial charge in [-0.3, -0.25) is 4.79 Å². The minimum absolute atomic E-state index is 0.165. The van der Waals surface area contributed by atoms with Gasteiger partial charge in [0, 0.05) is 29.6 Å². The molecule has 1 aromatic rings. The molecule has 0 spiro atoms. The van der Waals surface area contributed by atoms with E-state index in [9.17, 15) is 4.79 Å². The lowest BCUT2D eigenvalue weighted by atomic mass is 9.86. The van der Waals surface area contributed by atoms with Gasteiger partial charge in [-0.2, -0.15) is 0 Å². The number of carboxylic acids is 1. The number of benzene rings is 1. The van der Waals surface area contributed by atoms with Gasteiger partial charge < -0.3 is 15.2 Å². The Balaban J connectivity index is 1.58. The Morgan fingerprint density at radius 3 is 2.81 bits per heavy atom. The highest BCUT2D eigenvalue weighted by Gasteiger charge is 2.26. The van der Waals surface area contributed by atoms with Gasteiger partial charge in [0.25, 0.3) is 0 Å². The molecular formula is C16H20ClNO3. The highest BCUT2D eigenvalue weighted by Crippen LogP contribution is 2.33. The molecule has 2 aliphatic rings. The fourth-order valence-corrected chi connectivity index (χ4v) is 3.54. The summed E-state index contributed by atoms with van der Waals surface area (Å²) in [6.45, 7) is 1.46. The van der Waals surface area contributed by atoms with Crippen LogP contribution in [0.25, 0.3) is 0 Å². The molecule has 0 saturated heterocycles. The van der Waals surface area contributed by atoms with Crippen LogP contribution in [-0.2, 0) is 17.8 Å². The maximum Gasteiger partial charge on any atom is 0.306 e. The highest BCUT2D eigenvalue weighted by molar-refractivity contribution is 6.30. The predicted molar refractivity (Wildman–Crippen MR) is 80.9 cm³/mol. The Morgan fingerprint density at radius 2 is 2.10 bits per heavy atom. The first-order valence-electron chi connectivity index (χ1n) is 7.54. The van der Waals surface area contributed by atoms with E-state index in [4.69, 9.17) is 21.4 Å². The average molecular weight is 310 g/mol. The molecule has 0 amide bonds. The number of hydrogen-bond acceptors (Lipinski definition) is 3. The molecule has 114 valence electrons. The zero-order valence-corrected chi connectivity index (χ0v) is 12.7. The second-order valence-corrected chi connectivity index (χ2v) is 6.36. The van der Waals surface area contributed by atoms with Crippen molar-refractivity contribution in [2.45, 2.75) is 44.7 Å². The number of nitrogens with one attached hydrogen (secondary N) is 1. The maximum atomic E-state index is 11.0. The van der Waals surface area contributed by atoms with Crippen molar-refractivity contribution in [3.63, 3.8) is 0 Å². The fraction of sp³-hybridized carbons (Fsp3) is 0.562. The predicted octanol–water partition coefficient (Wildman–Crippen LogP) is 3.01. The minimum Gasteiger partial charge on any atom is -0.493 e. The molecule has 0 radical (unpaired) electrons. The molecule has 0 bridgehead atoms. The molecule has 1 aliphatic heterocycles. The molecule has 3 rings (SSSR count). The van der Waals surface area contributed by atoms with E-state index in [1.807, 2.05) is 12.1 Å². The van der Waals surface area contributed by atoms with Crippen molar-refractivity contribution >= 4 is 17.6 Å². The molecule has 4 nitrogen and oxygen atoms in total. The van der Waals surface area contributed by atoms with Gasteiger partial charge in [0.1, 0.15) is 5.75 Å². The number of hydrogen-bond donors (Lipinski definition) is 2. The van der Waals surface area contributed by atoms with E-state index in [1.165, 1.54) is 5.56 Å². The van der Waals surface area contributed by atoms with Gasteiger partial charge in [0.2, 0.25) is 0 Å². The highest BCUT2D eigenvalue weighted by atomic mass is 35.5. The molecule has 0 unspecified atom stereocenters. The summed E-state index contributed by atoms with van der Waals surface area (Å²) in [4.78, 5) is 11.0. The number of carbonyl (C=O) groups is 1. The van der Waals surface area contributed by atoms with Crippen molar-refractivity contribution in [1.82, 2.24) is 5.32 Å². The summed E-state index contributed by atoms with van der Waals surface area (Å²) < 4.78 is 5.70. The number of halogens is 1. The first kappa shape index (κ1) is 14.7. The third-order valence-electron chi connectivity index (χ3n) is 4.48. The monoisotopic (exact) mass is 309 g/mol. The van der Waals surface area contributed by atoms with Gasteiger partial charge in [-0.05, 0) is 43.4 Å². The van der Waals surface area contributed by atoms with E-state index in [0.29, 0.717) is 6.04 Å². The maximum absolute atomic E-state index is 11.0. The van der Waals surface area contributed by atoms with Crippen LogP contribution in [0.1, 0.15) is 36.8 Å². The van der Waals surface area contributed by atoms with Crippen LogP contribution in [0.15, 0.2) is 12.1 Å². The van der Waals surface area contributed by atoms with Crippen molar-refractivity contribution in [3.05, 3.63) is 28.3 Å². The molecule has 1 fully saturated rings. The van der Waals surface area contributed by atoms with Crippen LogP contribution in [-0.4, -0.2) is 23.7 Å². The molecule has 5 heteroatoms. The van der Waals surface area contributed by atoms with Crippen LogP contribution in [0.3, 0.4) is 0 Å². The zero-order chi connectivity index (χ0) is 14.8. The molecular weight excluding hydrogens is 290 g/mol. The van der Waals surface area contributed by atoms with Crippen molar-refractivity contribution in [2.24, 2.45) is 5.92 Å². The summed E-state index contributed by atoms with van der Waals surface area (Å²) >= 11 is 6.16. The number of carboxylic acid groups (broad SMARTS) is 1. The lowest BCUT2D eigenvalue weighted by Gasteiger charge is -2.27. The largest absolute Gasteiger partial charge is 0.493 e. The van der Waals surface area contributed by atoms with Gasteiger partial charge in [0.05, 0.1) is 12.5 Å². The number of fused-ring (bicyclic) bond motifs is 1. The molecule has 1 saturated carbocycles. The van der Waals surface area contributed by atoms with E-state index in [0.717, 1.165) is 61.6 Å². The van der Waals surface area contributed by atoms with Gasteiger partial charge in [-0.15, -0.1) is 0 Å². The first-order valence-corrected chi connectivity index (χ1v) is 7.91. The molecule has 1 aliphatic carbocycles. The second-order valence-electron chi connectivity index (χ2n) is 5.92. The Labute approximate surface area is 129 Å². The van der Waals surface area contributed by atoms with E-state index in [-0.39, 0.29) is 5.92 Å². The third-order valence-corrected chi connectivity index (χ3v) is 4.70. The Morgan fingerprint density at radius 1 is 1.33 bits per heavy atom. The summed E-state index contributed by atoms with van der Waals surface area (Å²) in [5, 5.41) is 13.3. The van der Waals surface area contributed by atoms with Crippen LogP contribution in [0, 0.1) is 5.92 Å². The summed E-state index contributed by atoms with van der Waals surface area (Å²) in [6, 6.07) is 4.32. The zero-order valence-electron chi connectivity index (χ0n) is 11.9. The Bertz CT molecular complexity index is 539. The minimum atomic E-state index is -0.658. The topological polar surface area (TPSA) is 58.6 Å². The SMILES string of the molecule is O=C(O)C1CCC(NCc2cc(Cl)cc3c2OCC3)CC1. The van der Waals surface area contributed by atoms with Crippen molar-refractivity contribution in [3.8, 4) is 5.75 Å². The van der Waals surface area contributed by atoms with Gasteiger partial charge in [-0.1, -0.05) is 11.6 Å². The van der Waals surface area contributed by atoms with Crippen LogP contribution >= 0.6 is 11.6 Å². The van der Waals surface area contributed by atoms with Gasteiger partial charge in [-0.25, -0.2) is 0 Å². The van der Waals surface area contributed by atoms with Crippen LogP contribution < -0.4 is 10.1 Å². The second kappa shape index (κ2) is 6.24. The van der Waals surface area contributed by atoms with Crippen molar-refractivity contribution in [2.75, 3.05) is 6.61 Å². The quantitative estimate of drug-likeness (QED) is 0.897. The number of ether oxygens (including phenoxy) is 1. The lowest BCUT2D eigenvalue weighted by molar-refractivity contribution is -0.142. The average Bonchev–Trinajstić information content (AvgIpc) is 2.93. The van der Waals surface area contributed by atoms with E-state index < -0.39 is 5.97 Å². The number of rotatable bonds is 4. The summed E-state index contributed by atoms with van der Waals surface area (Å²) in [5.41, 5.74) is 2.30. The van der Waals surface area contributed by atoms with Gasteiger partial charge in [0.15, 0.2) is 0 Å². The normalized spacial score (nSPS) is 24.4. The van der Waals surface area contributed by atoms with Crippen molar-refractivity contribution in [1.29, 1.82) is 0 Å².